The summed E-state index contributed by atoms with van der Waals surface area (Å²) in [6.45, 7) is 0. The van der Waals surface area contributed by atoms with Crippen LogP contribution in [0.1, 0.15) is 12.6 Å². The van der Waals surface area contributed by atoms with Crippen molar-refractivity contribution < 1.29 is 31.0 Å². The van der Waals surface area contributed by atoms with Gasteiger partial charge in [-0.25, -0.2) is 0 Å². The Morgan fingerprint density at radius 3 is 1.41 bits per heavy atom. The van der Waals surface area contributed by atoms with Crippen LogP contribution in [0.2, 0.25) is 0 Å². The van der Waals surface area contributed by atoms with E-state index in [1.54, 1.807) is 0 Å². The third kappa shape index (κ3) is 2.83. The molecule has 102 valence electrons. The van der Waals surface area contributed by atoms with Gasteiger partial charge in [-0.2, -0.15) is 0 Å². The molecule has 22 heavy (non-hydrogen) atoms. The minimum absolute atomic E-state index is 0. The van der Waals surface area contributed by atoms with Crippen molar-refractivity contribution in [2.45, 2.75) is 6.42 Å². The zero-order valence-electron chi connectivity index (χ0n) is 13.8. The summed E-state index contributed by atoms with van der Waals surface area (Å²) < 4.78 is 0. The van der Waals surface area contributed by atoms with Crippen molar-refractivity contribution in [3.8, 4) is 0 Å². The van der Waals surface area contributed by atoms with Crippen LogP contribution in [0.3, 0.4) is 0 Å². The minimum Gasteiger partial charge on any atom is -1.00 e. The summed E-state index contributed by atoms with van der Waals surface area (Å²) in [6.07, 6.45) is 0.975. The summed E-state index contributed by atoms with van der Waals surface area (Å²) in [5.41, 5.74) is 2.79. The molecule has 0 atom stereocenters. The predicted molar refractivity (Wildman–Crippen MR) is 91.8 cm³/mol. The molecular weight excluding hydrogens is 275 g/mol. The molecule has 0 fully saturated rings. The molecule has 1 heteroatoms. The second kappa shape index (κ2) is 6.66. The van der Waals surface area contributed by atoms with Crippen molar-refractivity contribution in [1.82, 2.24) is 0 Å². The first-order valence-electron chi connectivity index (χ1n) is 7.35. The quantitative estimate of drug-likeness (QED) is 0.498. The molecule has 0 spiro atoms. The molecule has 0 radical (unpaired) electrons. The topological polar surface area (TPSA) is 0 Å². The van der Waals surface area contributed by atoms with Crippen molar-refractivity contribution in [2.24, 2.45) is 0 Å². The molecule has 0 unspecified atom stereocenters. The molecule has 0 aliphatic rings. The standard InChI is InChI=1S/C21H16.Na.H/c1-3-13-20-16(7-1)9-5-11-18(20)15-19-12-6-10-17-8-2-4-14-21(17)19;;/h1-14H,15H2;;/q;+1;-1. The van der Waals surface area contributed by atoms with Crippen LogP contribution in [-0.2, 0) is 6.42 Å². The Balaban J connectivity index is 0.000000960. The second-order valence-electron chi connectivity index (χ2n) is 5.45. The second-order valence-corrected chi connectivity index (χ2v) is 5.45. The first-order valence-corrected chi connectivity index (χ1v) is 7.35. The average Bonchev–Trinajstić information content (AvgIpc) is 2.56. The van der Waals surface area contributed by atoms with Gasteiger partial charge < -0.3 is 1.43 Å². The third-order valence-electron chi connectivity index (χ3n) is 4.14. The molecule has 4 rings (SSSR count). The maximum Gasteiger partial charge on any atom is 1.00 e. The van der Waals surface area contributed by atoms with Crippen LogP contribution < -0.4 is 29.6 Å². The molecule has 4 aromatic carbocycles. The Bertz CT molecular complexity index is 843. The minimum atomic E-state index is 0. The van der Waals surface area contributed by atoms with Gasteiger partial charge in [0.2, 0.25) is 0 Å². The Kier molecular flexibility index (Phi) is 4.63. The maximum atomic E-state index is 2.24. The fraction of sp³-hybridized carbons (Fsp3) is 0.0476. The van der Waals surface area contributed by atoms with E-state index in [0.717, 1.165) is 6.42 Å². The van der Waals surface area contributed by atoms with Crippen molar-refractivity contribution >= 4 is 21.5 Å². The number of fused-ring (bicyclic) bond motifs is 2. The van der Waals surface area contributed by atoms with E-state index >= 15 is 0 Å². The van der Waals surface area contributed by atoms with Gasteiger partial charge >= 0.3 is 29.6 Å². The van der Waals surface area contributed by atoms with E-state index in [0.29, 0.717) is 0 Å². The SMILES string of the molecule is [H-].[Na+].c1ccc2c(Cc3cccc4ccccc34)cccc2c1. The first-order chi connectivity index (χ1) is 10.4. The van der Waals surface area contributed by atoms with E-state index in [1.807, 2.05) is 0 Å². The van der Waals surface area contributed by atoms with Gasteiger partial charge in [-0.15, -0.1) is 0 Å². The number of hydrogen-bond donors (Lipinski definition) is 0. The van der Waals surface area contributed by atoms with Gasteiger partial charge in [0.05, 0.1) is 0 Å². The molecule has 0 amide bonds. The molecule has 4 aromatic rings. The van der Waals surface area contributed by atoms with Crippen LogP contribution in [0, 0.1) is 0 Å². The molecule has 0 aromatic heterocycles. The molecule has 0 nitrogen and oxygen atoms in total. The van der Waals surface area contributed by atoms with Crippen LogP contribution in [0.15, 0.2) is 84.9 Å². The predicted octanol–water partition coefficient (Wildman–Crippen LogP) is 2.70. The summed E-state index contributed by atoms with van der Waals surface area (Å²) in [6, 6.07) is 30.4. The molecule has 0 bridgehead atoms. The molecule has 0 heterocycles. The van der Waals surface area contributed by atoms with Crippen molar-refractivity contribution in [3.63, 3.8) is 0 Å². The molecular formula is C21H17Na. The van der Waals surface area contributed by atoms with Crippen molar-refractivity contribution in [2.75, 3.05) is 0 Å². The van der Waals surface area contributed by atoms with E-state index < -0.39 is 0 Å². The summed E-state index contributed by atoms with van der Waals surface area (Å²) >= 11 is 0. The fourth-order valence-corrected chi connectivity index (χ4v) is 3.10. The Morgan fingerprint density at radius 2 is 0.909 bits per heavy atom. The van der Waals surface area contributed by atoms with Crippen LogP contribution in [0.5, 0.6) is 0 Å². The van der Waals surface area contributed by atoms with Crippen molar-refractivity contribution in [1.29, 1.82) is 0 Å². The first kappa shape index (κ1) is 15.3. The maximum absolute atomic E-state index is 2.24. The van der Waals surface area contributed by atoms with Gasteiger partial charge in [-0.05, 0) is 39.1 Å². The van der Waals surface area contributed by atoms with Gasteiger partial charge in [-0.3, -0.25) is 0 Å². The van der Waals surface area contributed by atoms with Gasteiger partial charge in [-0.1, -0.05) is 84.9 Å². The monoisotopic (exact) mass is 292 g/mol. The van der Waals surface area contributed by atoms with E-state index in [4.69, 9.17) is 0 Å². The van der Waals surface area contributed by atoms with Crippen LogP contribution in [-0.4, -0.2) is 0 Å². The average molecular weight is 292 g/mol. The fourth-order valence-electron chi connectivity index (χ4n) is 3.10. The van der Waals surface area contributed by atoms with Crippen LogP contribution >= 0.6 is 0 Å². The van der Waals surface area contributed by atoms with Gasteiger partial charge in [0.25, 0.3) is 0 Å². The van der Waals surface area contributed by atoms with E-state index in [2.05, 4.69) is 84.9 Å². The molecule has 0 N–H and O–H groups in total. The zero-order chi connectivity index (χ0) is 14.1. The molecule has 0 saturated carbocycles. The summed E-state index contributed by atoms with van der Waals surface area (Å²) in [5.74, 6) is 0. The van der Waals surface area contributed by atoms with E-state index in [9.17, 15) is 0 Å². The number of rotatable bonds is 2. The van der Waals surface area contributed by atoms with E-state index in [-0.39, 0.29) is 31.0 Å². The van der Waals surface area contributed by atoms with Gasteiger partial charge in [0.1, 0.15) is 0 Å². The Hall–Kier alpha value is -1.60. The summed E-state index contributed by atoms with van der Waals surface area (Å²) in [5, 5.41) is 5.34. The Morgan fingerprint density at radius 1 is 0.500 bits per heavy atom. The third-order valence-corrected chi connectivity index (χ3v) is 4.14. The van der Waals surface area contributed by atoms with Crippen LogP contribution in [0.4, 0.5) is 0 Å². The molecule has 0 aliphatic heterocycles. The zero-order valence-corrected chi connectivity index (χ0v) is 14.8. The number of benzene rings is 4. The van der Waals surface area contributed by atoms with Gasteiger partial charge in [0, 0.05) is 0 Å². The van der Waals surface area contributed by atoms with E-state index in [1.165, 1.54) is 32.7 Å². The van der Waals surface area contributed by atoms with Crippen molar-refractivity contribution in [3.05, 3.63) is 96.1 Å². The smallest absolute Gasteiger partial charge is 1.00 e. The molecule has 0 aliphatic carbocycles. The summed E-state index contributed by atoms with van der Waals surface area (Å²) in [4.78, 5) is 0. The molecule has 0 saturated heterocycles. The van der Waals surface area contributed by atoms with Gasteiger partial charge in [0.15, 0.2) is 0 Å². The largest absolute Gasteiger partial charge is 1.00 e. The summed E-state index contributed by atoms with van der Waals surface area (Å²) in [7, 11) is 0. The van der Waals surface area contributed by atoms with Crippen LogP contribution in [0.25, 0.3) is 21.5 Å². The Labute approximate surface area is 154 Å². The normalized spacial score (nSPS) is 10.5. The number of hydrogen-bond acceptors (Lipinski definition) is 0.